The van der Waals surface area contributed by atoms with Gasteiger partial charge in [-0.15, -0.1) is 0 Å². The molecule has 1 aliphatic rings. The van der Waals surface area contributed by atoms with Crippen LogP contribution in [0.5, 0.6) is 0 Å². The van der Waals surface area contributed by atoms with Gasteiger partial charge in [-0.05, 0) is 73.0 Å². The van der Waals surface area contributed by atoms with Gasteiger partial charge in [-0.3, -0.25) is 19.1 Å². The van der Waals surface area contributed by atoms with Crippen molar-refractivity contribution in [2.24, 2.45) is 0 Å². The topological polar surface area (TPSA) is 67.4 Å². The largest absolute Gasteiger partial charge is 0.359 e. The highest BCUT2D eigenvalue weighted by molar-refractivity contribution is 8.00. The van der Waals surface area contributed by atoms with E-state index in [1.807, 2.05) is 67.5 Å². The third-order valence-corrected chi connectivity index (χ3v) is 6.74. The first-order valence-electron chi connectivity index (χ1n) is 11.5. The summed E-state index contributed by atoms with van der Waals surface area (Å²) in [6.07, 6.45) is 3.52. The zero-order chi connectivity index (χ0) is 24.8. The first-order chi connectivity index (χ1) is 17.1. The number of nitrogens with zero attached hydrogens (tertiary/aromatic N) is 3. The number of carbonyl (C=O) groups excluding carboxylic acids is 1. The second-order valence-electron chi connectivity index (χ2n) is 7.63. The molecular weight excluding hydrogens is 480 g/mol. The number of halogens is 1. The summed E-state index contributed by atoms with van der Waals surface area (Å²) in [5, 5.41) is 4.33. The first kappa shape index (κ1) is 25.0. The van der Waals surface area contributed by atoms with Gasteiger partial charge in [0, 0.05) is 34.8 Å². The smallest absolute Gasteiger partial charge is 0.257 e. The summed E-state index contributed by atoms with van der Waals surface area (Å²) >= 11 is 8.16. The molecule has 1 N–H and O–H groups in total. The molecule has 8 heteroatoms. The Morgan fingerprint density at radius 2 is 1.94 bits per heavy atom. The fourth-order valence-corrected chi connectivity index (χ4v) is 4.84. The van der Waals surface area contributed by atoms with Crippen molar-refractivity contribution in [3.8, 4) is 11.3 Å². The summed E-state index contributed by atoms with van der Waals surface area (Å²) in [7, 11) is 0. The Balaban J connectivity index is 0.00000141. The molecule has 180 valence electrons. The number of aryl methyl sites for hydroxylation is 1. The molecule has 6 nitrogen and oxygen atoms in total. The van der Waals surface area contributed by atoms with E-state index < -0.39 is 0 Å². The fraction of sp³-hybridized carbons (Fsp3) is 0.222. The highest BCUT2D eigenvalue weighted by Gasteiger charge is 2.17. The van der Waals surface area contributed by atoms with E-state index in [9.17, 15) is 4.79 Å². The molecule has 0 atom stereocenters. The van der Waals surface area contributed by atoms with Crippen molar-refractivity contribution in [2.45, 2.75) is 20.8 Å². The van der Waals surface area contributed by atoms with Gasteiger partial charge in [0.2, 0.25) is 0 Å². The lowest BCUT2D eigenvalue weighted by molar-refractivity contribution is 0.102. The molecule has 0 aliphatic carbocycles. The molecule has 0 bridgehead atoms. The fourth-order valence-electron chi connectivity index (χ4n) is 3.75. The molecule has 0 saturated carbocycles. The molecule has 35 heavy (non-hydrogen) atoms. The lowest BCUT2D eigenvalue weighted by atomic mass is 10.0. The van der Waals surface area contributed by atoms with E-state index in [4.69, 9.17) is 16.3 Å². The predicted molar refractivity (Wildman–Crippen MR) is 146 cm³/mol. The van der Waals surface area contributed by atoms with Crippen molar-refractivity contribution in [2.75, 3.05) is 28.7 Å². The lowest BCUT2D eigenvalue weighted by Crippen LogP contribution is -2.25. The molecule has 2 aromatic carbocycles. The molecule has 1 amide bonds. The Bertz CT molecular complexity index is 1340. The molecule has 0 spiro atoms. The van der Waals surface area contributed by atoms with E-state index in [1.54, 1.807) is 36.5 Å². The Morgan fingerprint density at radius 3 is 2.71 bits per heavy atom. The van der Waals surface area contributed by atoms with E-state index in [0.29, 0.717) is 23.0 Å². The molecule has 0 unspecified atom stereocenters. The van der Waals surface area contributed by atoms with Gasteiger partial charge in [-0.25, -0.2) is 0 Å². The van der Waals surface area contributed by atoms with Crippen LogP contribution in [0, 0.1) is 6.92 Å². The van der Waals surface area contributed by atoms with Crippen LogP contribution in [0.25, 0.3) is 22.2 Å². The van der Waals surface area contributed by atoms with E-state index in [2.05, 4.69) is 15.3 Å². The number of hydrogen-bond donors (Lipinski definition) is 1. The van der Waals surface area contributed by atoms with Gasteiger partial charge in [-0.1, -0.05) is 31.5 Å². The van der Waals surface area contributed by atoms with Crippen molar-refractivity contribution in [3.05, 3.63) is 83.1 Å². The maximum absolute atomic E-state index is 13.0. The summed E-state index contributed by atoms with van der Waals surface area (Å²) in [5.41, 5.74) is 5.70. The van der Waals surface area contributed by atoms with Crippen LogP contribution in [-0.4, -0.2) is 35.0 Å². The van der Waals surface area contributed by atoms with Crippen LogP contribution in [0.1, 0.15) is 29.8 Å². The quantitative estimate of drug-likeness (QED) is 0.301. The normalized spacial score (nSPS) is 13.2. The number of anilines is 2. The zero-order valence-corrected chi connectivity index (χ0v) is 21.5. The maximum Gasteiger partial charge on any atom is 0.257 e. The Morgan fingerprint density at radius 1 is 1.09 bits per heavy atom. The number of ether oxygens (including phenoxy) is 1. The number of rotatable bonds is 4. The molecule has 0 radical (unpaired) electrons. The minimum absolute atomic E-state index is 0.267. The van der Waals surface area contributed by atoms with Crippen molar-refractivity contribution < 1.29 is 9.53 Å². The van der Waals surface area contributed by atoms with E-state index in [-0.39, 0.29) is 5.91 Å². The monoisotopic (exact) mass is 506 g/mol. The Labute approximate surface area is 214 Å². The van der Waals surface area contributed by atoms with E-state index in [1.165, 1.54) is 0 Å². The number of nitrogens with one attached hydrogen (secondary N) is 1. The Hall–Kier alpha value is -3.13. The third-order valence-electron chi connectivity index (χ3n) is 5.45. The second-order valence-corrected chi connectivity index (χ2v) is 9.14. The van der Waals surface area contributed by atoms with Crippen LogP contribution < -0.4 is 9.62 Å². The minimum Gasteiger partial charge on any atom is -0.359 e. The van der Waals surface area contributed by atoms with Crippen molar-refractivity contribution in [3.63, 3.8) is 0 Å². The van der Waals surface area contributed by atoms with Gasteiger partial charge in [0.15, 0.2) is 0 Å². The highest BCUT2D eigenvalue weighted by atomic mass is 35.5. The molecule has 5 rings (SSSR count). The molecule has 3 heterocycles. The molecular formula is C27H27ClN4O2S. The average molecular weight is 507 g/mol. The van der Waals surface area contributed by atoms with Crippen LogP contribution >= 0.6 is 23.5 Å². The first-order valence-corrected chi connectivity index (χ1v) is 12.8. The van der Waals surface area contributed by atoms with E-state index in [0.717, 1.165) is 45.8 Å². The van der Waals surface area contributed by atoms with Crippen molar-refractivity contribution >= 4 is 51.7 Å². The van der Waals surface area contributed by atoms with Crippen LogP contribution in [-0.2, 0) is 4.74 Å². The van der Waals surface area contributed by atoms with E-state index >= 15 is 0 Å². The number of pyridine rings is 2. The average Bonchev–Trinajstić information content (AvgIpc) is 2.91. The molecule has 1 fully saturated rings. The SMILES string of the molecule is CC.Cc1ccc(NC(=O)c2ccc(N3COCCS3)cc2Cl)cc1-c1nccc2ncccc12. The standard InChI is InChI=1S/C25H21ClN4O2S.C2H6/c1-16-4-5-17(13-21(16)24-20-3-2-9-27-23(20)8-10-28-24)29-25(31)19-7-6-18(14-22(19)26)30-15-32-11-12-33-30;1-2/h2-10,13-14H,11-12,15H2,1H3,(H,29,31);1-2H3. The summed E-state index contributed by atoms with van der Waals surface area (Å²) in [4.78, 5) is 22.0. The van der Waals surface area contributed by atoms with Gasteiger partial charge >= 0.3 is 0 Å². The third kappa shape index (κ3) is 5.59. The van der Waals surface area contributed by atoms with Crippen LogP contribution in [0.15, 0.2) is 67.0 Å². The minimum atomic E-state index is -0.267. The Kier molecular flexibility index (Phi) is 8.23. The number of benzene rings is 2. The highest BCUT2D eigenvalue weighted by Crippen LogP contribution is 2.32. The zero-order valence-electron chi connectivity index (χ0n) is 19.9. The van der Waals surface area contributed by atoms with Gasteiger partial charge in [0.1, 0.15) is 6.73 Å². The molecule has 2 aromatic heterocycles. The summed E-state index contributed by atoms with van der Waals surface area (Å²) in [6, 6.07) is 17.0. The number of fused-ring (bicyclic) bond motifs is 1. The van der Waals surface area contributed by atoms with Gasteiger partial charge in [0.25, 0.3) is 5.91 Å². The van der Waals surface area contributed by atoms with Crippen LogP contribution in [0.2, 0.25) is 5.02 Å². The lowest BCUT2D eigenvalue weighted by Gasteiger charge is -2.27. The summed E-state index contributed by atoms with van der Waals surface area (Å²) in [6.45, 7) is 7.25. The number of hydrogen-bond acceptors (Lipinski definition) is 6. The molecule has 1 aliphatic heterocycles. The number of carbonyl (C=O) groups is 1. The van der Waals surface area contributed by atoms with Crippen LogP contribution in [0.3, 0.4) is 0 Å². The maximum atomic E-state index is 13.0. The molecule has 1 saturated heterocycles. The molecule has 4 aromatic rings. The summed E-state index contributed by atoms with van der Waals surface area (Å²) < 4.78 is 7.51. The summed E-state index contributed by atoms with van der Waals surface area (Å²) in [5.74, 6) is 0.619. The van der Waals surface area contributed by atoms with Gasteiger partial charge < -0.3 is 10.1 Å². The predicted octanol–water partition coefficient (Wildman–Crippen LogP) is 6.98. The number of aromatic nitrogens is 2. The number of amides is 1. The van der Waals surface area contributed by atoms with Gasteiger partial charge in [-0.2, -0.15) is 0 Å². The van der Waals surface area contributed by atoms with Crippen LogP contribution in [0.4, 0.5) is 11.4 Å². The van der Waals surface area contributed by atoms with Crippen molar-refractivity contribution in [1.82, 2.24) is 9.97 Å². The van der Waals surface area contributed by atoms with Gasteiger partial charge in [0.05, 0.1) is 34.1 Å². The van der Waals surface area contributed by atoms with Crippen molar-refractivity contribution in [1.29, 1.82) is 0 Å². The second kappa shape index (κ2) is 11.5.